The van der Waals surface area contributed by atoms with Gasteiger partial charge in [-0.1, -0.05) is 15.9 Å². The second-order valence-corrected chi connectivity index (χ2v) is 3.96. The first-order valence-corrected chi connectivity index (χ1v) is 5.45. The van der Waals surface area contributed by atoms with Gasteiger partial charge >= 0.3 is 0 Å². The number of alkyl halides is 3. The van der Waals surface area contributed by atoms with Crippen molar-refractivity contribution in [3.8, 4) is 0 Å². The molecule has 0 saturated heterocycles. The molecule has 1 nitrogen and oxygen atoms in total. The fourth-order valence-electron chi connectivity index (χ4n) is 0.813. The van der Waals surface area contributed by atoms with Crippen molar-refractivity contribution in [2.75, 3.05) is 0 Å². The Morgan fingerprint density at radius 3 is 2.62 bits per heavy atom. The quantitative estimate of drug-likeness (QED) is 0.443. The number of halogens is 5. The van der Waals surface area contributed by atoms with E-state index in [1.807, 2.05) is 0 Å². The van der Waals surface area contributed by atoms with E-state index in [4.69, 9.17) is 0 Å². The van der Waals surface area contributed by atoms with Crippen LogP contribution >= 0.6 is 38.5 Å². The van der Waals surface area contributed by atoms with Gasteiger partial charge in [-0.25, -0.2) is 13.8 Å². The summed E-state index contributed by atoms with van der Waals surface area (Å²) in [4.78, 5) is 3.19. The van der Waals surface area contributed by atoms with Crippen LogP contribution in [0.4, 0.5) is 13.2 Å². The minimum absolute atomic E-state index is 0.246. The van der Waals surface area contributed by atoms with E-state index in [2.05, 4.69) is 20.9 Å². The minimum Gasteiger partial charge on any atom is -0.218 e. The highest BCUT2D eigenvalue weighted by Crippen LogP contribution is 2.25. The molecule has 0 fully saturated rings. The molecule has 0 aliphatic heterocycles. The summed E-state index contributed by atoms with van der Waals surface area (Å²) in [6.45, 7) is 0. The lowest BCUT2D eigenvalue weighted by Crippen LogP contribution is -2.01. The zero-order valence-corrected chi connectivity index (χ0v) is 9.94. The van der Waals surface area contributed by atoms with Crippen molar-refractivity contribution >= 4 is 38.5 Å². The average molecular weight is 366 g/mol. The van der Waals surface area contributed by atoms with Crippen molar-refractivity contribution in [3.63, 3.8) is 0 Å². The van der Waals surface area contributed by atoms with E-state index >= 15 is 0 Å². The zero-order valence-electron chi connectivity index (χ0n) is 6.20. The van der Waals surface area contributed by atoms with Gasteiger partial charge in [-0.15, -0.1) is 0 Å². The monoisotopic (exact) mass is 365 g/mol. The molecule has 0 aromatic carbocycles. The first kappa shape index (κ1) is 11.2. The Labute approximate surface area is 95.0 Å². The molecule has 0 aliphatic rings. The highest BCUT2D eigenvalue weighted by molar-refractivity contribution is 14.1. The van der Waals surface area contributed by atoms with Gasteiger partial charge in [-0.3, -0.25) is 0 Å². The molecule has 0 atom stereocenters. The normalized spacial score (nSPS) is 10.9. The van der Waals surface area contributed by atoms with E-state index in [-0.39, 0.29) is 8.90 Å². The molecule has 72 valence electrons. The highest BCUT2D eigenvalue weighted by Gasteiger charge is 2.17. The lowest BCUT2D eigenvalue weighted by Gasteiger charge is -2.05. The zero-order chi connectivity index (χ0) is 10.0. The highest BCUT2D eigenvalue weighted by atomic mass is 127. The van der Waals surface area contributed by atoms with Crippen molar-refractivity contribution < 1.29 is 13.2 Å². The smallest absolute Gasteiger partial charge is 0.218 e. The van der Waals surface area contributed by atoms with Crippen molar-refractivity contribution in [2.24, 2.45) is 0 Å². The van der Waals surface area contributed by atoms with E-state index in [1.165, 1.54) is 6.07 Å². The second kappa shape index (κ2) is 4.59. The summed E-state index contributed by atoms with van der Waals surface area (Å²) in [5.74, 6) is -0.847. The summed E-state index contributed by atoms with van der Waals surface area (Å²) in [5, 5.41) is 0.246. The van der Waals surface area contributed by atoms with Crippen LogP contribution in [0.5, 0.6) is 0 Å². The number of hydrogen-bond donors (Lipinski definition) is 0. The molecule has 0 unspecified atom stereocenters. The van der Waals surface area contributed by atoms with Crippen LogP contribution in [0.1, 0.15) is 17.7 Å². The number of rotatable bonds is 2. The van der Waals surface area contributed by atoms with Crippen molar-refractivity contribution in [1.82, 2.24) is 4.98 Å². The maximum atomic E-state index is 12.8. The number of pyridine rings is 1. The van der Waals surface area contributed by atoms with Crippen LogP contribution in [0.3, 0.4) is 0 Å². The summed E-state index contributed by atoms with van der Waals surface area (Å²) in [6.07, 6.45) is -2.74. The summed E-state index contributed by atoms with van der Waals surface area (Å²) in [5.41, 5.74) is -0.171. The van der Waals surface area contributed by atoms with Crippen LogP contribution < -0.4 is 0 Å². The molecule has 0 saturated carbocycles. The first-order chi connectivity index (χ1) is 6.06. The predicted molar refractivity (Wildman–Crippen MR) is 54.5 cm³/mol. The third kappa shape index (κ3) is 2.55. The fourth-order valence-corrected chi connectivity index (χ4v) is 1.76. The van der Waals surface area contributed by atoms with Gasteiger partial charge < -0.3 is 0 Å². The van der Waals surface area contributed by atoms with Crippen LogP contribution in [0, 0.1) is 9.52 Å². The van der Waals surface area contributed by atoms with Crippen LogP contribution in [0.2, 0.25) is 0 Å². The molecule has 0 spiro atoms. The fraction of sp³-hybridized carbons (Fsp3) is 0.286. The van der Waals surface area contributed by atoms with Crippen molar-refractivity contribution in [2.45, 2.75) is 11.8 Å². The van der Waals surface area contributed by atoms with E-state index in [1.54, 1.807) is 22.6 Å². The number of hydrogen-bond acceptors (Lipinski definition) is 1. The van der Waals surface area contributed by atoms with E-state index in [0.717, 1.165) is 0 Å². The van der Waals surface area contributed by atoms with E-state index in [0.29, 0.717) is 5.56 Å². The molecule has 0 radical (unpaired) electrons. The van der Waals surface area contributed by atoms with Crippen molar-refractivity contribution in [3.05, 3.63) is 26.8 Å². The SMILES string of the molecule is Fc1nc(C(F)F)c(CBr)cc1I. The third-order valence-corrected chi connectivity index (χ3v) is 2.76. The second-order valence-electron chi connectivity index (χ2n) is 2.24. The Kier molecular flexibility index (Phi) is 3.96. The van der Waals surface area contributed by atoms with Crippen LogP contribution in [-0.4, -0.2) is 4.98 Å². The van der Waals surface area contributed by atoms with Crippen LogP contribution in [-0.2, 0) is 5.33 Å². The van der Waals surface area contributed by atoms with Gasteiger partial charge in [0.2, 0.25) is 5.95 Å². The molecule has 0 bridgehead atoms. The molecule has 1 aromatic rings. The molecule has 13 heavy (non-hydrogen) atoms. The molecule has 6 heteroatoms. The molecular weight excluding hydrogens is 362 g/mol. The predicted octanol–water partition coefficient (Wildman–Crippen LogP) is 3.66. The maximum absolute atomic E-state index is 12.8. The van der Waals surface area contributed by atoms with Crippen molar-refractivity contribution in [1.29, 1.82) is 0 Å². The van der Waals surface area contributed by atoms with Crippen LogP contribution in [0.15, 0.2) is 6.07 Å². The Bertz CT molecular complexity index is 319. The first-order valence-electron chi connectivity index (χ1n) is 3.25. The lowest BCUT2D eigenvalue weighted by molar-refractivity contribution is 0.143. The Hall–Kier alpha value is 0.150. The van der Waals surface area contributed by atoms with Gasteiger partial charge in [0, 0.05) is 5.33 Å². The minimum atomic E-state index is -2.74. The molecule has 0 aliphatic carbocycles. The van der Waals surface area contributed by atoms with Crippen LogP contribution in [0.25, 0.3) is 0 Å². The summed E-state index contributed by atoms with van der Waals surface area (Å²) >= 11 is 4.75. The van der Waals surface area contributed by atoms with Gasteiger partial charge in [0.05, 0.1) is 3.57 Å². The molecule has 1 rings (SSSR count). The van der Waals surface area contributed by atoms with Gasteiger partial charge in [0.15, 0.2) is 0 Å². The third-order valence-electron chi connectivity index (χ3n) is 1.40. The standard InChI is InChI=1S/C7H4BrF3IN/c8-2-3-1-4(12)7(11)13-5(3)6(9)10/h1,6H,2H2. The number of nitrogens with zero attached hydrogens (tertiary/aromatic N) is 1. The molecular formula is C7H4BrF3IN. The summed E-state index contributed by atoms with van der Waals surface area (Å²) < 4.78 is 37.6. The van der Waals surface area contributed by atoms with Gasteiger partial charge in [0.1, 0.15) is 5.69 Å². The topological polar surface area (TPSA) is 12.9 Å². The van der Waals surface area contributed by atoms with E-state index < -0.39 is 18.1 Å². The van der Waals surface area contributed by atoms with Gasteiger partial charge in [-0.2, -0.15) is 4.39 Å². The Balaban J connectivity index is 3.25. The average Bonchev–Trinajstić information content (AvgIpc) is 2.08. The largest absolute Gasteiger partial charge is 0.280 e. The molecule has 0 amide bonds. The number of aromatic nitrogens is 1. The molecule has 1 aromatic heterocycles. The van der Waals surface area contributed by atoms with Gasteiger partial charge in [-0.05, 0) is 34.2 Å². The molecule has 1 heterocycles. The summed E-state index contributed by atoms with van der Waals surface area (Å²) in [6, 6.07) is 1.36. The molecule has 0 N–H and O–H groups in total. The maximum Gasteiger partial charge on any atom is 0.280 e. The summed E-state index contributed by atoms with van der Waals surface area (Å²) in [7, 11) is 0. The van der Waals surface area contributed by atoms with Gasteiger partial charge in [0.25, 0.3) is 6.43 Å². The Morgan fingerprint density at radius 2 is 2.15 bits per heavy atom. The Morgan fingerprint density at radius 1 is 1.54 bits per heavy atom. The van der Waals surface area contributed by atoms with E-state index in [9.17, 15) is 13.2 Å². The lowest BCUT2D eigenvalue weighted by atomic mass is 10.2.